The molecule has 2 unspecified atom stereocenters. The number of thiophene rings is 1. The molecule has 1 aromatic rings. The van der Waals surface area contributed by atoms with Crippen LogP contribution in [0.5, 0.6) is 0 Å². The number of hydrogen-bond acceptors (Lipinski definition) is 2. The van der Waals surface area contributed by atoms with Crippen LogP contribution in [0.2, 0.25) is 0 Å². The van der Waals surface area contributed by atoms with Crippen LogP contribution in [0.4, 0.5) is 0 Å². The van der Waals surface area contributed by atoms with Crippen molar-refractivity contribution in [3.05, 3.63) is 34.0 Å². The summed E-state index contributed by atoms with van der Waals surface area (Å²) in [5, 5.41) is 12.3. The smallest absolute Gasteiger partial charge is 0.0645 e. The summed E-state index contributed by atoms with van der Waals surface area (Å²) in [6.07, 6.45) is 4.03. The Bertz CT molecular complexity index is 353. The molecule has 15 heavy (non-hydrogen) atoms. The molecule has 0 aliphatic heterocycles. The summed E-state index contributed by atoms with van der Waals surface area (Å²) in [6, 6.07) is 2.19. The van der Waals surface area contributed by atoms with E-state index in [1.165, 1.54) is 23.3 Å². The highest BCUT2D eigenvalue weighted by atomic mass is 32.1. The molecule has 0 saturated carbocycles. The third-order valence-electron chi connectivity index (χ3n) is 3.12. The molecule has 2 heteroatoms. The fraction of sp³-hybridized carbons (Fsp3) is 0.538. The Balaban J connectivity index is 2.15. The summed E-state index contributed by atoms with van der Waals surface area (Å²) in [5.74, 6) is 0.344. The molecule has 0 bridgehead atoms. The second kappa shape index (κ2) is 4.50. The minimum Gasteiger partial charge on any atom is -0.392 e. The van der Waals surface area contributed by atoms with Crippen LogP contribution in [0, 0.1) is 0 Å². The summed E-state index contributed by atoms with van der Waals surface area (Å²) in [5.41, 5.74) is 2.46. The van der Waals surface area contributed by atoms with E-state index in [1.807, 2.05) is 18.3 Å². The Kier molecular flexibility index (Phi) is 3.27. The highest BCUT2D eigenvalue weighted by Gasteiger charge is 2.27. The quantitative estimate of drug-likeness (QED) is 0.776. The topological polar surface area (TPSA) is 20.2 Å². The average molecular weight is 222 g/mol. The van der Waals surface area contributed by atoms with Crippen molar-refractivity contribution < 1.29 is 5.11 Å². The van der Waals surface area contributed by atoms with E-state index in [4.69, 9.17) is 0 Å². The molecule has 1 N–H and O–H groups in total. The third-order valence-corrected chi connectivity index (χ3v) is 4.12. The van der Waals surface area contributed by atoms with Gasteiger partial charge >= 0.3 is 0 Å². The van der Waals surface area contributed by atoms with Crippen molar-refractivity contribution in [1.29, 1.82) is 0 Å². The van der Waals surface area contributed by atoms with E-state index in [0.29, 0.717) is 5.92 Å². The predicted octanol–water partition coefficient (Wildman–Crippen LogP) is 3.50. The fourth-order valence-corrected chi connectivity index (χ4v) is 3.42. The van der Waals surface area contributed by atoms with Gasteiger partial charge in [-0.25, -0.2) is 0 Å². The Morgan fingerprint density at radius 2 is 2.53 bits per heavy atom. The van der Waals surface area contributed by atoms with Crippen molar-refractivity contribution in [2.75, 3.05) is 0 Å². The zero-order valence-electron chi connectivity index (χ0n) is 9.20. The van der Waals surface area contributed by atoms with Gasteiger partial charge in [0.25, 0.3) is 0 Å². The van der Waals surface area contributed by atoms with Crippen molar-refractivity contribution in [1.82, 2.24) is 0 Å². The first-order valence-electron chi connectivity index (χ1n) is 5.57. The van der Waals surface area contributed by atoms with Crippen LogP contribution < -0.4 is 0 Å². The summed E-state index contributed by atoms with van der Waals surface area (Å²) in [6.45, 7) is 5.86. The lowest BCUT2D eigenvalue weighted by molar-refractivity contribution is 0.135. The molecule has 1 heterocycles. The number of rotatable bonds is 3. The van der Waals surface area contributed by atoms with Crippen LogP contribution in [0.3, 0.4) is 0 Å². The maximum atomic E-state index is 10.2. The lowest BCUT2D eigenvalue weighted by atomic mass is 9.82. The summed E-state index contributed by atoms with van der Waals surface area (Å²) in [7, 11) is 0. The van der Waals surface area contributed by atoms with Gasteiger partial charge < -0.3 is 5.11 Å². The van der Waals surface area contributed by atoms with Crippen molar-refractivity contribution in [3.8, 4) is 0 Å². The fourth-order valence-electron chi connectivity index (χ4n) is 2.42. The van der Waals surface area contributed by atoms with Crippen molar-refractivity contribution in [2.24, 2.45) is 0 Å². The zero-order valence-corrected chi connectivity index (χ0v) is 10.0. The highest BCUT2D eigenvalue weighted by Crippen LogP contribution is 2.38. The van der Waals surface area contributed by atoms with Crippen LogP contribution in [-0.2, 0) is 6.42 Å². The summed E-state index contributed by atoms with van der Waals surface area (Å²) >= 11 is 1.83. The molecule has 0 saturated heterocycles. The molecular weight excluding hydrogens is 204 g/mol. The molecule has 2 atom stereocenters. The van der Waals surface area contributed by atoms with E-state index in [9.17, 15) is 5.11 Å². The van der Waals surface area contributed by atoms with Gasteiger partial charge in [-0.05, 0) is 49.6 Å². The molecule has 1 aliphatic rings. The van der Waals surface area contributed by atoms with Crippen molar-refractivity contribution in [3.63, 3.8) is 0 Å². The number of hydrogen-bond donors (Lipinski definition) is 1. The number of aliphatic hydroxyl groups is 1. The van der Waals surface area contributed by atoms with Gasteiger partial charge in [0, 0.05) is 10.8 Å². The van der Waals surface area contributed by atoms with E-state index in [1.54, 1.807) is 0 Å². The van der Waals surface area contributed by atoms with E-state index in [2.05, 4.69) is 18.0 Å². The Morgan fingerprint density at radius 3 is 3.27 bits per heavy atom. The Labute approximate surface area is 95.5 Å². The summed E-state index contributed by atoms with van der Waals surface area (Å²) < 4.78 is 0. The maximum Gasteiger partial charge on any atom is 0.0645 e. The Morgan fingerprint density at radius 1 is 1.73 bits per heavy atom. The van der Waals surface area contributed by atoms with Gasteiger partial charge in [0.15, 0.2) is 0 Å². The Hall–Kier alpha value is -0.600. The molecule has 0 amide bonds. The van der Waals surface area contributed by atoms with Gasteiger partial charge in [-0.15, -0.1) is 17.9 Å². The number of aryl methyl sites for hydroxylation is 1. The molecule has 0 spiro atoms. The zero-order chi connectivity index (χ0) is 10.8. The van der Waals surface area contributed by atoms with Gasteiger partial charge in [-0.3, -0.25) is 0 Å². The second-order valence-electron chi connectivity index (χ2n) is 4.53. The van der Waals surface area contributed by atoms with Crippen LogP contribution in [0.15, 0.2) is 23.6 Å². The molecule has 0 aromatic carbocycles. The standard InChI is InChI=1S/C13H18OS/c1-9(2)8-12(14)10-4-3-5-13-11(10)6-7-15-13/h6-7,10,12,14H,1,3-5,8H2,2H3. The van der Waals surface area contributed by atoms with Gasteiger partial charge in [-0.2, -0.15) is 0 Å². The van der Waals surface area contributed by atoms with E-state index < -0.39 is 0 Å². The number of fused-ring (bicyclic) bond motifs is 1. The van der Waals surface area contributed by atoms with E-state index in [-0.39, 0.29) is 6.10 Å². The van der Waals surface area contributed by atoms with Crippen LogP contribution in [0.1, 0.15) is 42.5 Å². The normalized spacial score (nSPS) is 22.1. The first-order valence-corrected chi connectivity index (χ1v) is 6.45. The number of aliphatic hydroxyl groups excluding tert-OH is 1. The molecule has 0 fully saturated rings. The monoisotopic (exact) mass is 222 g/mol. The molecular formula is C13H18OS. The van der Waals surface area contributed by atoms with E-state index >= 15 is 0 Å². The average Bonchev–Trinajstić information content (AvgIpc) is 2.63. The summed E-state index contributed by atoms with van der Waals surface area (Å²) in [4.78, 5) is 1.48. The largest absolute Gasteiger partial charge is 0.392 e. The SMILES string of the molecule is C=C(C)CC(O)C1CCCc2sccc21. The first kappa shape index (κ1) is 10.9. The molecule has 0 radical (unpaired) electrons. The van der Waals surface area contributed by atoms with Crippen molar-refractivity contribution >= 4 is 11.3 Å². The lowest BCUT2D eigenvalue weighted by Gasteiger charge is -2.27. The van der Waals surface area contributed by atoms with Gasteiger partial charge in [0.2, 0.25) is 0 Å². The minimum absolute atomic E-state index is 0.240. The molecule has 1 aromatic heterocycles. The molecule has 1 nitrogen and oxygen atoms in total. The van der Waals surface area contributed by atoms with Crippen molar-refractivity contribution in [2.45, 2.75) is 44.6 Å². The molecule has 82 valence electrons. The molecule has 2 rings (SSSR count). The third kappa shape index (κ3) is 2.32. The van der Waals surface area contributed by atoms with Gasteiger partial charge in [-0.1, -0.05) is 5.57 Å². The van der Waals surface area contributed by atoms with E-state index in [0.717, 1.165) is 18.4 Å². The molecule has 1 aliphatic carbocycles. The van der Waals surface area contributed by atoms with Gasteiger partial charge in [0.05, 0.1) is 6.10 Å². The van der Waals surface area contributed by atoms with Crippen LogP contribution in [0.25, 0.3) is 0 Å². The van der Waals surface area contributed by atoms with Crippen LogP contribution >= 0.6 is 11.3 Å². The maximum absolute atomic E-state index is 10.2. The predicted molar refractivity (Wildman–Crippen MR) is 65.4 cm³/mol. The second-order valence-corrected chi connectivity index (χ2v) is 5.53. The lowest BCUT2D eigenvalue weighted by Crippen LogP contribution is -2.22. The van der Waals surface area contributed by atoms with Gasteiger partial charge in [0.1, 0.15) is 0 Å². The van der Waals surface area contributed by atoms with Crippen LogP contribution in [-0.4, -0.2) is 11.2 Å². The highest BCUT2D eigenvalue weighted by molar-refractivity contribution is 7.10. The first-order chi connectivity index (χ1) is 7.18. The minimum atomic E-state index is -0.240.